The number of benzene rings is 3. The van der Waals surface area contributed by atoms with E-state index >= 15 is 0 Å². The Morgan fingerprint density at radius 2 is 0.938 bits per heavy atom. The Labute approximate surface area is 844 Å². The molecule has 0 unspecified atom stereocenters. The van der Waals surface area contributed by atoms with E-state index in [2.05, 4.69) is 131 Å². The van der Waals surface area contributed by atoms with Crippen molar-refractivity contribution in [2.75, 3.05) is 63.9 Å². The number of aliphatic hydroxyl groups is 3. The molecule has 6 rings (SSSR count). The van der Waals surface area contributed by atoms with Crippen molar-refractivity contribution in [3.05, 3.63) is 120 Å². The van der Waals surface area contributed by atoms with Gasteiger partial charge in [-0.3, -0.25) is 101 Å². The maximum atomic E-state index is 15.0. The number of hydrogen-bond acceptors (Lipinski definition) is 30. The number of aromatic nitrogens is 3. The minimum absolute atomic E-state index is 0.0269. The number of likely N-dealkylation sites (tertiary alicyclic amines) is 1. The number of carbonyl (C=O) groups excluding carboxylic acids is 20. The molecule has 794 valence electrons. The highest BCUT2D eigenvalue weighted by Gasteiger charge is 2.42. The fourth-order valence-corrected chi connectivity index (χ4v) is 15.5. The van der Waals surface area contributed by atoms with Gasteiger partial charge in [0.15, 0.2) is 0 Å². The topological polar surface area (TPSA) is 802 Å². The average molecular weight is 2070 g/mol. The van der Waals surface area contributed by atoms with Crippen molar-refractivity contribution in [1.29, 1.82) is 0 Å². The van der Waals surface area contributed by atoms with Crippen LogP contribution in [-0.2, 0) is 126 Å². The van der Waals surface area contributed by atoms with Gasteiger partial charge in [-0.15, -0.1) is 0 Å². The summed E-state index contributed by atoms with van der Waals surface area (Å²) >= 11 is 8.60. The van der Waals surface area contributed by atoms with Crippen LogP contribution in [0.5, 0.6) is 5.75 Å². The van der Waals surface area contributed by atoms with Crippen LogP contribution in [0.25, 0.3) is 10.9 Å². The van der Waals surface area contributed by atoms with Crippen LogP contribution in [0.15, 0.2) is 97.6 Å². The van der Waals surface area contributed by atoms with Gasteiger partial charge in [0.2, 0.25) is 118 Å². The van der Waals surface area contributed by atoms with Crippen LogP contribution in [0.2, 0.25) is 0 Å². The summed E-state index contributed by atoms with van der Waals surface area (Å²) in [4.78, 5) is 299. The second kappa shape index (κ2) is 60.2. The molecule has 0 radical (unpaired) electrons. The number of aliphatic hydroxyl groups excluding tert-OH is 3. The van der Waals surface area contributed by atoms with Gasteiger partial charge >= 0.3 is 5.97 Å². The number of para-hydroxylation sites is 1. The number of aromatic hydroxyl groups is 1. The minimum atomic E-state index is -1.87. The van der Waals surface area contributed by atoms with Gasteiger partial charge in [-0.25, -0.2) is 4.98 Å². The average Bonchev–Trinajstić information content (AvgIpc) is 1.73. The summed E-state index contributed by atoms with van der Waals surface area (Å²) in [6.45, 7) is 5.78. The molecule has 20 amide bonds. The first-order chi connectivity index (χ1) is 68.8. The summed E-state index contributed by atoms with van der Waals surface area (Å²) in [6.07, 6.45) is -0.355. The third-order valence-electron chi connectivity index (χ3n) is 22.9. The van der Waals surface area contributed by atoms with Gasteiger partial charge in [-0.1, -0.05) is 88.4 Å². The van der Waals surface area contributed by atoms with E-state index in [0.717, 1.165) is 6.92 Å². The normalized spacial score (nSPS) is 15.5. The number of thiol groups is 2. The summed E-state index contributed by atoms with van der Waals surface area (Å²) < 4.78 is 0. The minimum Gasteiger partial charge on any atom is -0.508 e. The number of hydrogen-bond donors (Lipinski definition) is 30. The molecule has 51 nitrogen and oxygen atoms in total. The maximum Gasteiger partial charge on any atom is 0.322 e. The first-order valence-corrected chi connectivity index (χ1v) is 48.1. The van der Waals surface area contributed by atoms with Gasteiger partial charge < -0.3 is 153 Å². The molecule has 0 saturated carbocycles. The fourth-order valence-electron chi connectivity index (χ4n) is 15.0. The Hall–Kier alpha value is -14.4. The second-order valence-electron chi connectivity index (χ2n) is 35.3. The number of phenols is 1. The molecule has 0 bridgehead atoms. The first kappa shape index (κ1) is 119. The number of primary amides is 1. The fraction of sp³-hybridized carbons (Fsp3) is 0.522. The van der Waals surface area contributed by atoms with Crippen LogP contribution in [0.1, 0.15) is 122 Å². The van der Waals surface area contributed by atoms with Gasteiger partial charge in [-0.2, -0.15) is 25.3 Å². The van der Waals surface area contributed by atoms with Crippen molar-refractivity contribution in [3.8, 4) is 5.75 Å². The molecule has 145 heavy (non-hydrogen) atoms. The maximum absolute atomic E-state index is 15.0. The number of aliphatic carboxylic acids is 1. The molecule has 31 N–H and O–H groups in total. The van der Waals surface area contributed by atoms with E-state index < -0.39 is 290 Å². The Kier molecular flexibility index (Phi) is 49.6. The Morgan fingerprint density at radius 3 is 1.51 bits per heavy atom. The van der Waals surface area contributed by atoms with Crippen LogP contribution in [-0.4, -0.2) is 336 Å². The number of amides is 20. The zero-order valence-electron chi connectivity index (χ0n) is 81.1. The van der Waals surface area contributed by atoms with E-state index in [0.29, 0.717) is 34.0 Å². The Morgan fingerprint density at radius 1 is 0.462 bits per heavy atom. The number of nitrogens with zero attached hydrogens (tertiary/aromatic N) is 2. The molecule has 1 fully saturated rings. The first-order valence-electron chi connectivity index (χ1n) is 46.8. The molecule has 1 saturated heterocycles. The van der Waals surface area contributed by atoms with E-state index in [4.69, 9.17) is 22.3 Å². The van der Waals surface area contributed by atoms with E-state index in [1.165, 1.54) is 55.5 Å². The van der Waals surface area contributed by atoms with Gasteiger partial charge in [0.25, 0.3) is 0 Å². The van der Waals surface area contributed by atoms with Crippen LogP contribution in [0.4, 0.5) is 0 Å². The van der Waals surface area contributed by atoms with Gasteiger partial charge in [0, 0.05) is 79.1 Å². The lowest BCUT2D eigenvalue weighted by atomic mass is 9.99. The summed E-state index contributed by atoms with van der Waals surface area (Å²) in [5.41, 5.74) is 18.6. The number of carboxylic acid groups (broad SMARTS) is 1. The number of aromatic amines is 2. The SMILES string of the molecule is CC(C)C[C@H](NC(=O)[C@@H]1CCCN1C(=O)CNC(=O)[C@H](Cc1ccccc1)NC(=O)[C@H](Cc1cnc[nH]1)NC(=O)[C@H](CS)NC(=O)[C@H](CO)NC(=O)[C@H](Cc1ccc(O)cc1)NC(=O)[C@@H](NC(=O)CNC(=O)CN)[C@@H](C)O)C(=O)N[C@H](C(=O)N[C@@H](Cc1c[nH]c2ccccc12)C(=O)N[C@H](C(=O)N[C@@H](CS)C(=O)N[C@@H](CCCCN)C(=O)N[C@@H](C)C(=O)N[C@@H](CCC(N)=O)C(=O)NCC(=O)NCC(=O)O)C(C)C)[C@@H](C)O. The number of H-pyrrole nitrogens is 2. The zero-order chi connectivity index (χ0) is 107. The highest BCUT2D eigenvalue weighted by Crippen LogP contribution is 2.23. The molecule has 0 aliphatic carbocycles. The summed E-state index contributed by atoms with van der Waals surface area (Å²) in [7, 11) is 0. The summed E-state index contributed by atoms with van der Waals surface area (Å²) in [5.74, 6) is -22.8. The molecule has 17 atom stereocenters. The quantitative estimate of drug-likeness (QED) is 0.0127. The molecule has 2 aromatic heterocycles. The molecule has 1 aliphatic rings. The summed E-state index contributed by atoms with van der Waals surface area (Å²) in [5, 5.41) is 95.9. The van der Waals surface area contributed by atoms with E-state index in [9.17, 15) is 121 Å². The number of carboxylic acids is 1. The third-order valence-corrected chi connectivity index (χ3v) is 23.6. The highest BCUT2D eigenvalue weighted by molar-refractivity contribution is 7.80. The second-order valence-corrected chi connectivity index (χ2v) is 36.0. The lowest BCUT2D eigenvalue weighted by molar-refractivity contribution is -0.140. The number of nitrogens with one attached hydrogen (secondary N) is 20. The predicted octanol–water partition coefficient (Wildman–Crippen LogP) is -9.12. The van der Waals surface area contributed by atoms with Gasteiger partial charge in [0.05, 0.1) is 51.3 Å². The predicted molar refractivity (Wildman–Crippen MR) is 526 cm³/mol. The lowest BCUT2D eigenvalue weighted by Crippen LogP contribution is -2.62. The molecule has 1 aliphatic heterocycles. The van der Waals surface area contributed by atoms with Crippen LogP contribution < -0.4 is 113 Å². The number of rotatable bonds is 61. The molecular formula is C92H133N25O26S2. The van der Waals surface area contributed by atoms with E-state index in [-0.39, 0.29) is 94.7 Å². The highest BCUT2D eigenvalue weighted by atomic mass is 32.1. The Balaban J connectivity index is 1.14. The monoisotopic (exact) mass is 2070 g/mol. The van der Waals surface area contributed by atoms with Crippen LogP contribution in [0.3, 0.4) is 0 Å². The third kappa shape index (κ3) is 39.7. The number of phenolic OH excluding ortho intramolecular Hbond substituents is 1. The van der Waals surface area contributed by atoms with Crippen LogP contribution >= 0.6 is 25.3 Å². The molecule has 3 aromatic carbocycles. The Bertz CT molecular complexity index is 5290. The molecule has 3 heterocycles. The van der Waals surface area contributed by atoms with E-state index in [1.54, 1.807) is 88.5 Å². The van der Waals surface area contributed by atoms with Crippen molar-refractivity contribution in [2.45, 2.75) is 228 Å². The standard InChI is InChI=1S/C92H133N25O26S2/c1-46(2)30-60(84(135)116-77(50(7)120)92(143)110-63(33-53-36-97-57-19-12-11-18-56(53)57)85(136)115-75(47(3)4)90(141)113-67(44-145)87(138)105-58(20-13-14-28-93)81(132)103-48(5)78(129)104-59(26-27-69(95)122)79(130)100-38-71(124)99-41-74(127)128)108-89(140)68-21-15-29-117(68)73(126)40-101-80(131)61(31-51-16-9-8-10-17-51)106-83(134)64(34-54-37-96-45-102-54)107-88(139)66(43-144)112-86(137)65(42-118)111-82(133)62(32-52-22-24-55(121)25-23-52)109-91(142)76(49(6)119)114-72(125)39-98-70(123)35-94/h8-12,16-19,22-25,36-37,45-50,58-68,75-77,97,118-121,144-145H,13-15,20-21,26-35,38-44,93-94H2,1-7H3,(H2,95,122)(H,96,102)(H,98,123)(H,99,124)(H,100,130)(H,101,131)(H,103,132)(H,104,129)(H,105,138)(H,106,134)(H,107,139)(H,108,140)(H,109,142)(H,110,143)(H,111,133)(H,112,137)(H,113,141)(H,114,125)(H,115,136)(H,116,135)(H,127,128)/t48-,49+,50+,58-,59-,60-,61-,62-,63-,64-,65-,66-,67-,68-,75-,76-,77-/m0/s1. The summed E-state index contributed by atoms with van der Waals surface area (Å²) in [6, 6.07) is -3.05. The molecule has 0 spiro atoms. The van der Waals surface area contributed by atoms with Gasteiger partial charge in [-0.05, 0) is 119 Å². The zero-order valence-corrected chi connectivity index (χ0v) is 82.9. The lowest BCUT2D eigenvalue weighted by Gasteiger charge is -2.30. The van der Waals surface area contributed by atoms with Gasteiger partial charge in [0.1, 0.15) is 103 Å². The molecule has 5 aromatic rings. The number of nitrogens with two attached hydrogens (primary N) is 3. The number of imidazole rings is 1. The number of unbranched alkanes of at least 4 members (excludes halogenated alkanes) is 1. The smallest absolute Gasteiger partial charge is 0.322 e. The molecular weight excluding hydrogens is 1940 g/mol. The van der Waals surface area contributed by atoms with Crippen molar-refractivity contribution in [2.24, 2.45) is 29.0 Å². The molecule has 53 heteroatoms. The van der Waals surface area contributed by atoms with Crippen molar-refractivity contribution in [3.63, 3.8) is 0 Å². The number of carbonyl (C=O) groups is 21. The van der Waals surface area contributed by atoms with Crippen molar-refractivity contribution in [1.82, 2.24) is 116 Å². The largest absolute Gasteiger partial charge is 0.508 e. The van der Waals surface area contributed by atoms with Crippen molar-refractivity contribution < 1.29 is 126 Å². The van der Waals surface area contributed by atoms with Crippen molar-refractivity contribution >= 4 is 160 Å². The number of fused-ring (bicyclic) bond motifs is 1. The van der Waals surface area contributed by atoms with E-state index in [1.807, 2.05) is 5.32 Å². The van der Waals surface area contributed by atoms with Crippen LogP contribution in [0, 0.1) is 11.8 Å².